The van der Waals surface area contributed by atoms with E-state index in [1.165, 1.54) is 0 Å². The second kappa shape index (κ2) is 5.96. The summed E-state index contributed by atoms with van der Waals surface area (Å²) >= 11 is 0. The Morgan fingerprint density at radius 1 is 1.41 bits per heavy atom. The van der Waals surface area contributed by atoms with Gasteiger partial charge in [-0.15, -0.1) is 0 Å². The van der Waals surface area contributed by atoms with Crippen molar-refractivity contribution in [1.29, 1.82) is 0 Å². The molecule has 1 aromatic carbocycles. The Kier molecular flexibility index (Phi) is 4.02. The number of aliphatic carboxylic acids is 1. The molecule has 3 rings (SSSR count). The van der Waals surface area contributed by atoms with Gasteiger partial charge in [0.05, 0.1) is 20.3 Å². The number of carbonyl (C=O) groups is 2. The van der Waals surface area contributed by atoms with Gasteiger partial charge in [-0.1, -0.05) is 12.1 Å². The Labute approximate surface area is 128 Å². The van der Waals surface area contributed by atoms with Crippen LogP contribution in [0.3, 0.4) is 0 Å². The molecule has 2 fully saturated rings. The number of nitrogens with zero attached hydrogens (tertiary/aromatic N) is 1. The number of carbonyl (C=O) groups excluding carboxylic acids is 1. The maximum absolute atomic E-state index is 12.5. The maximum Gasteiger partial charge on any atom is 0.334 e. The standard InChI is InChI=1S/C16H19NO5/c1-21-11-4-2-3-10(7-11)12-8-13(12)15(18)17-5-6-22-14(9-17)16(19)20/h2-4,7,12-14H,5-6,8-9H2,1H3,(H,19,20)/t12-,13+,14-/m0/s1. The first-order chi connectivity index (χ1) is 10.6. The lowest BCUT2D eigenvalue weighted by Crippen LogP contribution is -2.49. The fourth-order valence-corrected chi connectivity index (χ4v) is 2.94. The Balaban J connectivity index is 1.63. The number of hydrogen-bond donors (Lipinski definition) is 1. The summed E-state index contributed by atoms with van der Waals surface area (Å²) in [5.74, 6) is -0.0544. The first-order valence-corrected chi connectivity index (χ1v) is 7.37. The number of benzene rings is 1. The van der Waals surface area contributed by atoms with E-state index in [0.717, 1.165) is 17.7 Å². The number of hydrogen-bond acceptors (Lipinski definition) is 4. The largest absolute Gasteiger partial charge is 0.497 e. The third-order valence-corrected chi connectivity index (χ3v) is 4.28. The van der Waals surface area contributed by atoms with Crippen LogP contribution in [0.25, 0.3) is 0 Å². The van der Waals surface area contributed by atoms with Gasteiger partial charge in [0.1, 0.15) is 5.75 Å². The quantitative estimate of drug-likeness (QED) is 0.902. The van der Waals surface area contributed by atoms with E-state index in [1.54, 1.807) is 12.0 Å². The summed E-state index contributed by atoms with van der Waals surface area (Å²) in [6.45, 7) is 0.874. The summed E-state index contributed by atoms with van der Waals surface area (Å²) in [4.78, 5) is 25.1. The number of morpholine rings is 1. The number of amides is 1. The number of carboxylic acids is 1. The topological polar surface area (TPSA) is 76.1 Å². The molecule has 1 saturated heterocycles. The highest BCUT2D eigenvalue weighted by atomic mass is 16.5. The van der Waals surface area contributed by atoms with E-state index >= 15 is 0 Å². The molecule has 1 heterocycles. The predicted molar refractivity (Wildman–Crippen MR) is 77.8 cm³/mol. The average molecular weight is 305 g/mol. The van der Waals surface area contributed by atoms with Gasteiger partial charge in [0.2, 0.25) is 5.91 Å². The van der Waals surface area contributed by atoms with Crippen molar-refractivity contribution in [3.8, 4) is 5.75 Å². The summed E-state index contributed by atoms with van der Waals surface area (Å²) < 4.78 is 10.4. The van der Waals surface area contributed by atoms with E-state index in [-0.39, 0.29) is 30.9 Å². The number of carboxylic acid groups (broad SMARTS) is 1. The summed E-state index contributed by atoms with van der Waals surface area (Å²) in [5.41, 5.74) is 1.10. The minimum atomic E-state index is -1.02. The molecule has 22 heavy (non-hydrogen) atoms. The Hall–Kier alpha value is -2.08. The van der Waals surface area contributed by atoms with Crippen LogP contribution in [0, 0.1) is 5.92 Å². The van der Waals surface area contributed by atoms with Crippen molar-refractivity contribution in [3.05, 3.63) is 29.8 Å². The fourth-order valence-electron chi connectivity index (χ4n) is 2.94. The monoisotopic (exact) mass is 305 g/mol. The van der Waals surface area contributed by atoms with Gasteiger partial charge in [-0.2, -0.15) is 0 Å². The van der Waals surface area contributed by atoms with Crippen LogP contribution >= 0.6 is 0 Å². The smallest absolute Gasteiger partial charge is 0.334 e. The first kappa shape index (κ1) is 14.8. The molecule has 0 spiro atoms. The van der Waals surface area contributed by atoms with Crippen molar-refractivity contribution in [2.24, 2.45) is 5.92 Å². The zero-order valence-electron chi connectivity index (χ0n) is 12.4. The molecule has 0 aromatic heterocycles. The van der Waals surface area contributed by atoms with Gasteiger partial charge in [0.25, 0.3) is 0 Å². The Morgan fingerprint density at radius 3 is 2.95 bits per heavy atom. The molecular formula is C16H19NO5. The molecule has 6 nitrogen and oxygen atoms in total. The second-order valence-corrected chi connectivity index (χ2v) is 5.71. The van der Waals surface area contributed by atoms with Crippen LogP contribution in [0.2, 0.25) is 0 Å². The summed E-state index contributed by atoms with van der Waals surface area (Å²) in [7, 11) is 1.62. The summed E-state index contributed by atoms with van der Waals surface area (Å²) in [6.07, 6.45) is -0.104. The van der Waals surface area contributed by atoms with Gasteiger partial charge >= 0.3 is 5.97 Å². The molecule has 1 aromatic rings. The lowest BCUT2D eigenvalue weighted by molar-refractivity contribution is -0.159. The number of ether oxygens (including phenoxy) is 2. The van der Waals surface area contributed by atoms with Gasteiger partial charge < -0.3 is 19.5 Å². The first-order valence-electron chi connectivity index (χ1n) is 7.37. The minimum absolute atomic E-state index is 0.0300. The van der Waals surface area contributed by atoms with Crippen molar-refractivity contribution in [3.63, 3.8) is 0 Å². The van der Waals surface area contributed by atoms with Gasteiger partial charge in [0.15, 0.2) is 6.10 Å². The Morgan fingerprint density at radius 2 is 2.23 bits per heavy atom. The summed E-state index contributed by atoms with van der Waals surface area (Å²) in [5, 5.41) is 9.00. The molecule has 1 amide bonds. The molecular weight excluding hydrogens is 286 g/mol. The normalized spacial score (nSPS) is 27.3. The Bertz CT molecular complexity index is 588. The zero-order valence-corrected chi connectivity index (χ0v) is 12.4. The lowest BCUT2D eigenvalue weighted by atomic mass is 10.1. The van der Waals surface area contributed by atoms with E-state index < -0.39 is 12.1 Å². The van der Waals surface area contributed by atoms with Crippen molar-refractivity contribution in [2.45, 2.75) is 18.4 Å². The van der Waals surface area contributed by atoms with Gasteiger partial charge in [0, 0.05) is 12.5 Å². The van der Waals surface area contributed by atoms with Crippen molar-refractivity contribution in [2.75, 3.05) is 26.8 Å². The third-order valence-electron chi connectivity index (χ3n) is 4.28. The fraction of sp³-hybridized carbons (Fsp3) is 0.500. The van der Waals surface area contributed by atoms with Gasteiger partial charge in [-0.3, -0.25) is 4.79 Å². The highest BCUT2D eigenvalue weighted by Crippen LogP contribution is 2.49. The molecule has 118 valence electrons. The van der Waals surface area contributed by atoms with E-state index in [4.69, 9.17) is 14.6 Å². The average Bonchev–Trinajstić information content (AvgIpc) is 3.35. The highest BCUT2D eigenvalue weighted by molar-refractivity contribution is 5.84. The van der Waals surface area contributed by atoms with Crippen LogP contribution in [-0.2, 0) is 14.3 Å². The molecule has 1 aliphatic heterocycles. The molecule has 1 saturated carbocycles. The lowest BCUT2D eigenvalue weighted by Gasteiger charge is -2.31. The van der Waals surface area contributed by atoms with Crippen LogP contribution in [0.15, 0.2) is 24.3 Å². The second-order valence-electron chi connectivity index (χ2n) is 5.71. The van der Waals surface area contributed by atoms with Crippen LogP contribution in [0.4, 0.5) is 0 Å². The number of rotatable bonds is 4. The van der Waals surface area contributed by atoms with Crippen LogP contribution in [0.5, 0.6) is 5.75 Å². The highest BCUT2D eigenvalue weighted by Gasteiger charge is 2.46. The zero-order chi connectivity index (χ0) is 15.7. The van der Waals surface area contributed by atoms with E-state index in [9.17, 15) is 9.59 Å². The molecule has 3 atom stereocenters. The van der Waals surface area contributed by atoms with Crippen molar-refractivity contribution in [1.82, 2.24) is 4.90 Å². The predicted octanol–water partition coefficient (Wildman–Crippen LogP) is 1.11. The molecule has 6 heteroatoms. The summed E-state index contributed by atoms with van der Waals surface area (Å²) in [6, 6.07) is 7.75. The maximum atomic E-state index is 12.5. The molecule has 0 bridgehead atoms. The molecule has 0 unspecified atom stereocenters. The van der Waals surface area contributed by atoms with Crippen LogP contribution in [0.1, 0.15) is 17.9 Å². The van der Waals surface area contributed by atoms with Crippen molar-refractivity contribution < 1.29 is 24.2 Å². The SMILES string of the molecule is COc1cccc([C@@H]2C[C@H]2C(=O)N2CCO[C@H](C(=O)O)C2)c1. The van der Waals surface area contributed by atoms with Gasteiger partial charge in [-0.05, 0) is 30.0 Å². The molecule has 1 N–H and O–H groups in total. The van der Waals surface area contributed by atoms with E-state index in [1.807, 2.05) is 24.3 Å². The van der Waals surface area contributed by atoms with E-state index in [2.05, 4.69) is 0 Å². The minimum Gasteiger partial charge on any atom is -0.497 e. The molecule has 2 aliphatic rings. The van der Waals surface area contributed by atoms with Crippen LogP contribution < -0.4 is 4.74 Å². The van der Waals surface area contributed by atoms with Gasteiger partial charge in [-0.25, -0.2) is 4.79 Å². The molecule has 0 radical (unpaired) electrons. The third kappa shape index (κ3) is 2.92. The van der Waals surface area contributed by atoms with Crippen LogP contribution in [-0.4, -0.2) is 54.8 Å². The molecule has 1 aliphatic carbocycles. The van der Waals surface area contributed by atoms with Crippen molar-refractivity contribution >= 4 is 11.9 Å². The number of methoxy groups -OCH3 is 1. The van der Waals surface area contributed by atoms with E-state index in [0.29, 0.717) is 6.54 Å².